The van der Waals surface area contributed by atoms with Gasteiger partial charge in [0, 0.05) is 23.7 Å². The lowest BCUT2D eigenvalue weighted by Gasteiger charge is -2.25. The molecular weight excluding hydrogens is 370 g/mol. The van der Waals surface area contributed by atoms with E-state index < -0.39 is 0 Å². The van der Waals surface area contributed by atoms with Gasteiger partial charge in [0.05, 0.1) is 18.4 Å². The Morgan fingerprint density at radius 3 is 2.86 bits per heavy atom. The fourth-order valence-electron chi connectivity index (χ4n) is 2.37. The lowest BCUT2D eigenvalue weighted by atomic mass is 10.2. The average molecular weight is 388 g/mol. The van der Waals surface area contributed by atoms with Gasteiger partial charge in [0.25, 0.3) is 0 Å². The monoisotopic (exact) mass is 387 g/mol. The molecular formula is C15H18BrNO2S2. The van der Waals surface area contributed by atoms with E-state index in [-0.39, 0.29) is 5.78 Å². The Labute approximate surface area is 143 Å². The Morgan fingerprint density at radius 1 is 1.48 bits per heavy atom. The van der Waals surface area contributed by atoms with Crippen molar-refractivity contribution in [2.75, 3.05) is 26.0 Å². The number of thiocarbonyl (C=S) groups is 1. The van der Waals surface area contributed by atoms with Crippen molar-refractivity contribution in [2.24, 2.45) is 0 Å². The first-order valence-electron chi connectivity index (χ1n) is 6.83. The van der Waals surface area contributed by atoms with Gasteiger partial charge in [-0.1, -0.05) is 52.0 Å². The third-order valence-electron chi connectivity index (χ3n) is 3.46. The van der Waals surface area contributed by atoms with Crippen molar-refractivity contribution in [1.29, 1.82) is 0 Å². The molecule has 3 nitrogen and oxygen atoms in total. The van der Waals surface area contributed by atoms with Crippen LogP contribution in [0.3, 0.4) is 0 Å². The molecule has 0 N–H and O–H groups in total. The molecule has 1 aliphatic heterocycles. The molecule has 1 aliphatic rings. The minimum atomic E-state index is 0.109. The van der Waals surface area contributed by atoms with E-state index in [0.29, 0.717) is 18.4 Å². The van der Waals surface area contributed by atoms with E-state index in [4.69, 9.17) is 17.0 Å². The number of hydrogen-bond donors (Lipinski definition) is 0. The molecule has 0 amide bonds. The van der Waals surface area contributed by atoms with Crippen LogP contribution in [0.15, 0.2) is 28.7 Å². The highest BCUT2D eigenvalue weighted by Gasteiger charge is 2.26. The summed E-state index contributed by atoms with van der Waals surface area (Å²) in [5.74, 6) is 0.494. The van der Waals surface area contributed by atoms with Crippen LogP contribution in [0.25, 0.3) is 0 Å². The van der Waals surface area contributed by atoms with Crippen LogP contribution < -0.4 is 0 Å². The Hall–Kier alpha value is -0.430. The minimum absolute atomic E-state index is 0.109. The minimum Gasteiger partial charge on any atom is -0.383 e. The third-order valence-corrected chi connectivity index (χ3v) is 5.47. The van der Waals surface area contributed by atoms with Gasteiger partial charge in [-0.15, -0.1) is 0 Å². The van der Waals surface area contributed by atoms with Gasteiger partial charge in [0.2, 0.25) is 0 Å². The molecule has 2 rings (SSSR count). The predicted molar refractivity (Wildman–Crippen MR) is 95.1 cm³/mol. The second-order valence-corrected chi connectivity index (χ2v) is 7.45. The summed E-state index contributed by atoms with van der Waals surface area (Å²) in [4.78, 5) is 14.3. The lowest BCUT2D eigenvalue weighted by molar-refractivity contribution is 0.102. The molecule has 21 heavy (non-hydrogen) atoms. The number of hydrogen-bond acceptors (Lipinski definition) is 4. The number of carbonyl (C=O) groups excluding carboxylic acids is 1. The first-order valence-corrected chi connectivity index (χ1v) is 9.01. The number of benzene rings is 1. The average Bonchev–Trinajstić information content (AvgIpc) is 2.94. The number of methoxy groups -OCH3 is 1. The molecule has 0 spiro atoms. The van der Waals surface area contributed by atoms with E-state index in [9.17, 15) is 4.79 Å². The number of likely N-dealkylation sites (tertiary alicyclic amines) is 1. The lowest BCUT2D eigenvalue weighted by Crippen LogP contribution is -2.35. The Morgan fingerprint density at radius 2 is 2.19 bits per heavy atom. The normalized spacial score (nSPS) is 18.0. The molecule has 1 saturated heterocycles. The highest BCUT2D eigenvalue weighted by atomic mass is 79.9. The summed E-state index contributed by atoms with van der Waals surface area (Å²) in [6, 6.07) is 7.79. The van der Waals surface area contributed by atoms with Gasteiger partial charge in [-0.2, -0.15) is 0 Å². The molecule has 1 atom stereocenters. The molecule has 0 aromatic heterocycles. The van der Waals surface area contributed by atoms with Crippen molar-refractivity contribution >= 4 is 50.0 Å². The summed E-state index contributed by atoms with van der Waals surface area (Å²) < 4.78 is 7.01. The standard InChI is InChI=1S/C15H18BrNO2S2/c1-19-9-13-3-2-8-17(13)15(20)21-10-14(18)11-4-6-12(16)7-5-11/h4-7,13H,2-3,8-10H2,1H3/t13-/m0/s1. The molecule has 0 bridgehead atoms. The van der Waals surface area contributed by atoms with Gasteiger partial charge in [-0.05, 0) is 25.0 Å². The van der Waals surface area contributed by atoms with Gasteiger partial charge in [0.1, 0.15) is 4.32 Å². The summed E-state index contributed by atoms with van der Waals surface area (Å²) in [7, 11) is 1.71. The van der Waals surface area contributed by atoms with Gasteiger partial charge in [-0.25, -0.2) is 0 Å². The number of thioether (sulfide) groups is 1. The van der Waals surface area contributed by atoms with E-state index in [1.54, 1.807) is 7.11 Å². The zero-order valence-electron chi connectivity index (χ0n) is 11.9. The van der Waals surface area contributed by atoms with Gasteiger partial charge >= 0.3 is 0 Å². The summed E-state index contributed by atoms with van der Waals surface area (Å²) in [6.45, 7) is 1.66. The van der Waals surface area contributed by atoms with Gasteiger partial charge in [-0.3, -0.25) is 4.79 Å². The second kappa shape index (κ2) is 8.27. The molecule has 1 aromatic carbocycles. The van der Waals surface area contributed by atoms with E-state index in [0.717, 1.165) is 33.7 Å². The number of nitrogens with zero attached hydrogens (tertiary/aromatic N) is 1. The fraction of sp³-hybridized carbons (Fsp3) is 0.467. The first kappa shape index (κ1) is 16.9. The van der Waals surface area contributed by atoms with E-state index in [2.05, 4.69) is 20.8 Å². The molecule has 114 valence electrons. The molecule has 0 unspecified atom stereocenters. The number of carbonyl (C=O) groups is 1. The largest absolute Gasteiger partial charge is 0.383 e. The van der Waals surface area contributed by atoms with Crippen LogP contribution >= 0.6 is 39.9 Å². The highest BCUT2D eigenvalue weighted by molar-refractivity contribution is 9.10. The van der Waals surface area contributed by atoms with Crippen molar-refractivity contribution in [2.45, 2.75) is 18.9 Å². The van der Waals surface area contributed by atoms with Crippen LogP contribution in [0.2, 0.25) is 0 Å². The third kappa shape index (κ3) is 4.77. The number of ether oxygens (including phenoxy) is 1. The fourth-order valence-corrected chi connectivity index (χ4v) is 3.88. The number of Topliss-reactive ketones (excluding diaryl/α,β-unsaturated/α-hetero) is 1. The first-order chi connectivity index (χ1) is 10.1. The van der Waals surface area contributed by atoms with Crippen LogP contribution in [0.4, 0.5) is 0 Å². The Kier molecular flexibility index (Phi) is 6.67. The molecule has 1 heterocycles. The number of rotatable bonds is 5. The Bertz CT molecular complexity index is 507. The van der Waals surface area contributed by atoms with Crippen LogP contribution in [-0.2, 0) is 4.74 Å². The maximum atomic E-state index is 12.1. The van der Waals surface area contributed by atoms with Crippen LogP contribution in [0, 0.1) is 0 Å². The number of ketones is 1. The summed E-state index contributed by atoms with van der Waals surface area (Å²) in [5.41, 5.74) is 0.725. The van der Waals surface area contributed by atoms with Crippen LogP contribution in [0.5, 0.6) is 0 Å². The van der Waals surface area contributed by atoms with E-state index in [1.807, 2.05) is 24.3 Å². The maximum Gasteiger partial charge on any atom is 0.173 e. The van der Waals surface area contributed by atoms with Crippen LogP contribution in [-0.4, -0.2) is 47.1 Å². The predicted octanol–water partition coefficient (Wildman–Crippen LogP) is 3.76. The quantitative estimate of drug-likeness (QED) is 0.566. The smallest absolute Gasteiger partial charge is 0.173 e. The van der Waals surface area contributed by atoms with Crippen molar-refractivity contribution in [1.82, 2.24) is 4.90 Å². The summed E-state index contributed by atoms with van der Waals surface area (Å²) >= 11 is 10.3. The van der Waals surface area contributed by atoms with Crippen molar-refractivity contribution in [3.8, 4) is 0 Å². The maximum absolute atomic E-state index is 12.1. The second-order valence-electron chi connectivity index (χ2n) is 4.93. The van der Waals surface area contributed by atoms with Gasteiger partial charge in [0.15, 0.2) is 5.78 Å². The molecule has 6 heteroatoms. The van der Waals surface area contributed by atoms with Crippen LogP contribution in [0.1, 0.15) is 23.2 Å². The number of halogens is 1. The summed E-state index contributed by atoms with van der Waals surface area (Å²) in [5, 5.41) is 0. The molecule has 1 fully saturated rings. The van der Waals surface area contributed by atoms with E-state index in [1.165, 1.54) is 11.8 Å². The zero-order chi connectivity index (χ0) is 15.2. The van der Waals surface area contributed by atoms with Crippen molar-refractivity contribution in [3.05, 3.63) is 34.3 Å². The topological polar surface area (TPSA) is 29.5 Å². The highest BCUT2D eigenvalue weighted by Crippen LogP contribution is 2.23. The van der Waals surface area contributed by atoms with Crippen molar-refractivity contribution in [3.63, 3.8) is 0 Å². The van der Waals surface area contributed by atoms with Crippen molar-refractivity contribution < 1.29 is 9.53 Å². The Balaban J connectivity index is 1.86. The van der Waals surface area contributed by atoms with Gasteiger partial charge < -0.3 is 9.64 Å². The zero-order valence-corrected chi connectivity index (χ0v) is 15.1. The SMILES string of the molecule is COC[C@@H]1CCCN1C(=S)SCC(=O)c1ccc(Br)cc1. The molecule has 0 radical (unpaired) electrons. The molecule has 0 saturated carbocycles. The molecule has 0 aliphatic carbocycles. The molecule has 1 aromatic rings. The summed E-state index contributed by atoms with van der Waals surface area (Å²) in [6.07, 6.45) is 2.24. The van der Waals surface area contributed by atoms with E-state index >= 15 is 0 Å².